The number of benzene rings is 7. The Hall–Kier alpha value is -6.13. The van der Waals surface area contributed by atoms with Gasteiger partial charge in [-0.1, -0.05) is 121 Å². The molecule has 210 valence electrons. The number of aromatic nitrogens is 3. The van der Waals surface area contributed by atoms with Crippen molar-refractivity contribution < 1.29 is 4.42 Å². The Morgan fingerprint density at radius 2 is 1.00 bits per heavy atom. The molecule has 0 N–H and O–H groups in total. The van der Waals surface area contributed by atoms with E-state index in [0.29, 0.717) is 17.5 Å². The number of nitrogens with zero attached hydrogens (tertiary/aromatic N) is 3. The number of fused-ring (bicyclic) bond motifs is 5. The van der Waals surface area contributed by atoms with Gasteiger partial charge in [-0.2, -0.15) is 0 Å². The summed E-state index contributed by atoms with van der Waals surface area (Å²) in [6.45, 7) is 0. The van der Waals surface area contributed by atoms with Gasteiger partial charge in [0, 0.05) is 21.9 Å². The van der Waals surface area contributed by atoms with Crippen LogP contribution in [0, 0.1) is 0 Å². The van der Waals surface area contributed by atoms with E-state index in [4.69, 9.17) is 19.4 Å². The van der Waals surface area contributed by atoms with Crippen molar-refractivity contribution in [1.82, 2.24) is 15.0 Å². The van der Waals surface area contributed by atoms with Crippen molar-refractivity contribution in [3.05, 3.63) is 152 Å². The third-order valence-corrected chi connectivity index (χ3v) is 8.49. The summed E-state index contributed by atoms with van der Waals surface area (Å²) >= 11 is 0. The molecule has 7 aromatic carbocycles. The van der Waals surface area contributed by atoms with Gasteiger partial charge in [0.2, 0.25) is 0 Å². The van der Waals surface area contributed by atoms with E-state index >= 15 is 0 Å². The Balaban J connectivity index is 1.32. The van der Waals surface area contributed by atoms with Crippen LogP contribution in [0.3, 0.4) is 0 Å². The smallest absolute Gasteiger partial charge is 0.167 e. The number of hydrogen-bond donors (Lipinski definition) is 0. The molecule has 9 aromatic rings. The zero-order valence-electron chi connectivity index (χ0n) is 24.2. The lowest BCUT2D eigenvalue weighted by atomic mass is 9.95. The number of rotatable bonds is 4. The van der Waals surface area contributed by atoms with Gasteiger partial charge in [-0.25, -0.2) is 15.0 Å². The van der Waals surface area contributed by atoms with Crippen molar-refractivity contribution in [1.29, 1.82) is 0 Å². The van der Waals surface area contributed by atoms with Crippen molar-refractivity contribution in [2.45, 2.75) is 0 Å². The van der Waals surface area contributed by atoms with Gasteiger partial charge in [-0.05, 0) is 63.0 Å². The minimum atomic E-state index is 0.572. The quantitative estimate of drug-likeness (QED) is 0.209. The van der Waals surface area contributed by atoms with Gasteiger partial charge >= 0.3 is 0 Å². The molecule has 0 amide bonds. The van der Waals surface area contributed by atoms with Gasteiger partial charge in [0.15, 0.2) is 17.5 Å². The molecule has 0 bridgehead atoms. The van der Waals surface area contributed by atoms with Crippen LogP contribution >= 0.6 is 0 Å². The lowest BCUT2D eigenvalue weighted by Crippen LogP contribution is -2.01. The molecule has 0 saturated heterocycles. The molecule has 0 radical (unpaired) electrons. The van der Waals surface area contributed by atoms with E-state index in [1.54, 1.807) is 0 Å². The minimum absolute atomic E-state index is 0.572. The predicted molar refractivity (Wildman–Crippen MR) is 184 cm³/mol. The van der Waals surface area contributed by atoms with Gasteiger partial charge in [-0.15, -0.1) is 0 Å². The number of furan rings is 1. The molecule has 9 rings (SSSR count). The molecule has 0 saturated carbocycles. The molecular formula is C41H25N3O. The third-order valence-electron chi connectivity index (χ3n) is 8.49. The molecule has 0 fully saturated rings. The SMILES string of the molecule is c1ccc(-c2cc(-c3nc(-c4ccc5ccccc5c4)nc(-c4cccc5c4oc4ccccc45)n3)cc3ccccc23)cc1. The van der Waals surface area contributed by atoms with Gasteiger partial charge in [-0.3, -0.25) is 0 Å². The highest BCUT2D eigenvalue weighted by atomic mass is 16.3. The molecule has 4 nitrogen and oxygen atoms in total. The van der Waals surface area contributed by atoms with Crippen LogP contribution in [0.5, 0.6) is 0 Å². The van der Waals surface area contributed by atoms with Crippen LogP contribution in [0.4, 0.5) is 0 Å². The topological polar surface area (TPSA) is 51.8 Å². The maximum atomic E-state index is 6.42. The molecule has 2 aromatic heterocycles. The molecule has 0 spiro atoms. The van der Waals surface area contributed by atoms with E-state index in [1.165, 1.54) is 10.8 Å². The van der Waals surface area contributed by atoms with Crippen LogP contribution in [0.25, 0.3) is 88.8 Å². The average Bonchev–Trinajstić information content (AvgIpc) is 3.50. The number of para-hydroxylation sites is 2. The maximum Gasteiger partial charge on any atom is 0.167 e. The fraction of sp³-hybridized carbons (Fsp3) is 0. The van der Waals surface area contributed by atoms with Crippen molar-refractivity contribution in [2.75, 3.05) is 0 Å². The van der Waals surface area contributed by atoms with Crippen molar-refractivity contribution in [2.24, 2.45) is 0 Å². The summed E-state index contributed by atoms with van der Waals surface area (Å²) in [5.74, 6) is 1.80. The molecule has 45 heavy (non-hydrogen) atoms. The van der Waals surface area contributed by atoms with E-state index in [1.807, 2.05) is 36.4 Å². The highest BCUT2D eigenvalue weighted by Gasteiger charge is 2.19. The van der Waals surface area contributed by atoms with E-state index in [-0.39, 0.29) is 0 Å². The minimum Gasteiger partial charge on any atom is -0.455 e. The maximum absolute atomic E-state index is 6.42. The first-order valence-corrected chi connectivity index (χ1v) is 15.0. The lowest BCUT2D eigenvalue weighted by molar-refractivity contribution is 0.669. The molecule has 2 heterocycles. The molecule has 0 atom stereocenters. The van der Waals surface area contributed by atoms with Gasteiger partial charge in [0.1, 0.15) is 11.2 Å². The summed E-state index contributed by atoms with van der Waals surface area (Å²) in [6, 6.07) is 52.3. The summed E-state index contributed by atoms with van der Waals surface area (Å²) in [5.41, 5.74) is 6.58. The third kappa shape index (κ3) is 4.35. The Labute approximate surface area is 259 Å². The summed E-state index contributed by atoms with van der Waals surface area (Å²) in [5, 5.41) is 6.72. The highest BCUT2D eigenvalue weighted by molar-refractivity contribution is 6.09. The van der Waals surface area contributed by atoms with Crippen molar-refractivity contribution in [3.8, 4) is 45.3 Å². The monoisotopic (exact) mass is 575 g/mol. The van der Waals surface area contributed by atoms with Crippen LogP contribution in [-0.2, 0) is 0 Å². The second-order valence-corrected chi connectivity index (χ2v) is 11.3. The first-order valence-electron chi connectivity index (χ1n) is 15.0. The summed E-state index contributed by atoms with van der Waals surface area (Å²) in [6.07, 6.45) is 0. The standard InChI is InChI=1S/C41H25N3O/c1-2-12-27(13-3-1)36-25-31(24-29-15-6-7-16-32(29)36)40-42-39(30-22-21-26-11-4-5-14-28(26)23-30)43-41(44-40)35-19-10-18-34-33-17-8-9-20-37(33)45-38(34)35/h1-25H. The Bertz CT molecular complexity index is 2550. The fourth-order valence-electron chi connectivity index (χ4n) is 6.30. The van der Waals surface area contributed by atoms with Crippen LogP contribution in [0.1, 0.15) is 0 Å². The molecule has 4 heteroatoms. The molecule has 0 aliphatic rings. The molecular weight excluding hydrogens is 550 g/mol. The van der Waals surface area contributed by atoms with E-state index in [0.717, 1.165) is 60.5 Å². The Morgan fingerprint density at radius 3 is 1.87 bits per heavy atom. The normalized spacial score (nSPS) is 11.6. The van der Waals surface area contributed by atoms with Crippen LogP contribution in [0.15, 0.2) is 156 Å². The molecule has 0 unspecified atom stereocenters. The second-order valence-electron chi connectivity index (χ2n) is 11.3. The highest BCUT2D eigenvalue weighted by Crippen LogP contribution is 2.37. The first kappa shape index (κ1) is 25.4. The largest absolute Gasteiger partial charge is 0.455 e. The van der Waals surface area contributed by atoms with Crippen LogP contribution < -0.4 is 0 Å². The Kier molecular flexibility index (Phi) is 5.78. The summed E-state index contributed by atoms with van der Waals surface area (Å²) in [7, 11) is 0. The average molecular weight is 576 g/mol. The van der Waals surface area contributed by atoms with Crippen LogP contribution in [-0.4, -0.2) is 15.0 Å². The van der Waals surface area contributed by atoms with E-state index in [9.17, 15) is 0 Å². The second kappa shape index (κ2) is 10.2. The van der Waals surface area contributed by atoms with Crippen molar-refractivity contribution >= 4 is 43.5 Å². The number of hydrogen-bond acceptors (Lipinski definition) is 4. The molecule has 0 aliphatic carbocycles. The Morgan fingerprint density at radius 1 is 0.356 bits per heavy atom. The summed E-state index contributed by atoms with van der Waals surface area (Å²) < 4.78 is 6.42. The van der Waals surface area contributed by atoms with Gasteiger partial charge < -0.3 is 4.42 Å². The van der Waals surface area contributed by atoms with E-state index < -0.39 is 0 Å². The molecule has 0 aliphatic heterocycles. The van der Waals surface area contributed by atoms with E-state index in [2.05, 4.69) is 115 Å². The predicted octanol–water partition coefficient (Wildman–Crippen LogP) is 10.7. The van der Waals surface area contributed by atoms with Gasteiger partial charge in [0.25, 0.3) is 0 Å². The summed E-state index contributed by atoms with van der Waals surface area (Å²) in [4.78, 5) is 15.3. The first-order chi connectivity index (χ1) is 22.3. The lowest BCUT2D eigenvalue weighted by Gasteiger charge is -2.13. The van der Waals surface area contributed by atoms with Gasteiger partial charge in [0.05, 0.1) is 5.56 Å². The fourth-order valence-corrected chi connectivity index (χ4v) is 6.30. The zero-order valence-corrected chi connectivity index (χ0v) is 24.2. The zero-order chi connectivity index (χ0) is 29.7. The van der Waals surface area contributed by atoms with Crippen LogP contribution in [0.2, 0.25) is 0 Å². The van der Waals surface area contributed by atoms with Crippen molar-refractivity contribution in [3.63, 3.8) is 0 Å².